The van der Waals surface area contributed by atoms with Crippen molar-refractivity contribution in [1.29, 1.82) is 0 Å². The molecule has 20 heavy (non-hydrogen) atoms. The average molecular weight is 297 g/mol. The Labute approximate surface area is 122 Å². The maximum atomic E-state index is 12.4. The molecule has 1 saturated heterocycles. The Morgan fingerprint density at radius 3 is 2.30 bits per heavy atom. The number of piperidine rings is 1. The summed E-state index contributed by atoms with van der Waals surface area (Å²) in [6, 6.07) is 7.08. The van der Waals surface area contributed by atoms with Gasteiger partial charge in [-0.1, -0.05) is 11.6 Å². The third-order valence-corrected chi connectivity index (χ3v) is 3.91. The van der Waals surface area contributed by atoms with Crippen LogP contribution in [-0.2, 0) is 4.79 Å². The van der Waals surface area contributed by atoms with E-state index in [2.05, 4.69) is 0 Å². The van der Waals surface area contributed by atoms with Gasteiger partial charge in [0, 0.05) is 36.8 Å². The van der Waals surface area contributed by atoms with Gasteiger partial charge < -0.3 is 14.9 Å². The van der Waals surface area contributed by atoms with Crippen molar-refractivity contribution in [3.63, 3.8) is 0 Å². The van der Waals surface area contributed by atoms with E-state index in [-0.39, 0.29) is 11.8 Å². The van der Waals surface area contributed by atoms with Gasteiger partial charge in [-0.25, -0.2) is 4.79 Å². The number of rotatable bonds is 2. The zero-order chi connectivity index (χ0) is 14.7. The smallest absolute Gasteiger partial charge is 0.407 e. The summed E-state index contributed by atoms with van der Waals surface area (Å²) in [5.41, 5.74) is 0.792. The third kappa shape index (κ3) is 3.22. The van der Waals surface area contributed by atoms with Crippen LogP contribution in [0.1, 0.15) is 12.8 Å². The normalized spacial score (nSPS) is 16.0. The lowest BCUT2D eigenvalue weighted by Gasteiger charge is -2.31. The van der Waals surface area contributed by atoms with E-state index >= 15 is 0 Å². The van der Waals surface area contributed by atoms with E-state index in [1.54, 1.807) is 36.2 Å². The van der Waals surface area contributed by atoms with Gasteiger partial charge in [0.2, 0.25) is 5.91 Å². The van der Waals surface area contributed by atoms with Crippen molar-refractivity contribution in [3.8, 4) is 0 Å². The fraction of sp³-hybridized carbons (Fsp3) is 0.429. The molecule has 2 amide bonds. The summed E-state index contributed by atoms with van der Waals surface area (Å²) >= 11 is 5.83. The average Bonchev–Trinajstić information content (AvgIpc) is 2.46. The molecule has 0 saturated carbocycles. The van der Waals surface area contributed by atoms with Crippen LogP contribution in [0.25, 0.3) is 0 Å². The van der Waals surface area contributed by atoms with Crippen LogP contribution in [0.2, 0.25) is 5.02 Å². The minimum Gasteiger partial charge on any atom is -0.465 e. The summed E-state index contributed by atoms with van der Waals surface area (Å²) < 4.78 is 0. The maximum Gasteiger partial charge on any atom is 0.407 e. The monoisotopic (exact) mass is 296 g/mol. The fourth-order valence-electron chi connectivity index (χ4n) is 2.38. The van der Waals surface area contributed by atoms with Gasteiger partial charge in [-0.2, -0.15) is 0 Å². The number of carboxylic acid groups (broad SMARTS) is 1. The molecule has 0 spiro atoms. The van der Waals surface area contributed by atoms with Crippen molar-refractivity contribution in [1.82, 2.24) is 4.90 Å². The lowest BCUT2D eigenvalue weighted by molar-refractivity contribution is -0.123. The Hall–Kier alpha value is -1.75. The molecule has 0 unspecified atom stereocenters. The van der Waals surface area contributed by atoms with Crippen LogP contribution in [0.5, 0.6) is 0 Å². The van der Waals surface area contributed by atoms with E-state index in [1.807, 2.05) is 0 Å². The standard InChI is InChI=1S/C14H17ClN2O3/c1-16(12-4-2-11(15)3-5-12)13(18)10-6-8-17(9-7-10)14(19)20/h2-5,10H,6-9H2,1H3,(H,19,20). The number of carbonyl (C=O) groups is 2. The van der Waals surface area contributed by atoms with Crippen LogP contribution in [0.15, 0.2) is 24.3 Å². The summed E-state index contributed by atoms with van der Waals surface area (Å²) in [7, 11) is 1.73. The predicted octanol–water partition coefficient (Wildman–Crippen LogP) is 2.69. The molecule has 1 N–H and O–H groups in total. The van der Waals surface area contributed by atoms with E-state index in [4.69, 9.17) is 16.7 Å². The molecule has 0 aromatic heterocycles. The van der Waals surface area contributed by atoms with Gasteiger partial charge in [0.05, 0.1) is 0 Å². The van der Waals surface area contributed by atoms with Crippen molar-refractivity contribution in [2.45, 2.75) is 12.8 Å². The van der Waals surface area contributed by atoms with Crippen LogP contribution >= 0.6 is 11.6 Å². The molecule has 1 aromatic carbocycles. The van der Waals surface area contributed by atoms with Gasteiger partial charge in [0.25, 0.3) is 0 Å². The number of likely N-dealkylation sites (tertiary alicyclic amines) is 1. The second-order valence-corrected chi connectivity index (χ2v) is 5.35. The highest BCUT2D eigenvalue weighted by molar-refractivity contribution is 6.30. The highest BCUT2D eigenvalue weighted by Crippen LogP contribution is 2.23. The minimum absolute atomic E-state index is 0.0253. The summed E-state index contributed by atoms with van der Waals surface area (Å²) in [6.07, 6.45) is 0.230. The lowest BCUT2D eigenvalue weighted by Crippen LogP contribution is -2.43. The summed E-state index contributed by atoms with van der Waals surface area (Å²) in [5.74, 6) is -0.0939. The Bertz CT molecular complexity index is 496. The van der Waals surface area contributed by atoms with Crippen molar-refractivity contribution in [3.05, 3.63) is 29.3 Å². The summed E-state index contributed by atoms with van der Waals surface area (Å²) in [6.45, 7) is 0.834. The SMILES string of the molecule is CN(C(=O)C1CCN(C(=O)O)CC1)c1ccc(Cl)cc1. The van der Waals surface area contributed by atoms with Crippen LogP contribution < -0.4 is 4.90 Å². The Balaban J connectivity index is 1.98. The topological polar surface area (TPSA) is 60.9 Å². The summed E-state index contributed by atoms with van der Waals surface area (Å²) in [4.78, 5) is 26.2. The van der Waals surface area contributed by atoms with E-state index in [0.29, 0.717) is 31.0 Å². The first-order valence-corrected chi connectivity index (χ1v) is 6.88. The van der Waals surface area contributed by atoms with Crippen molar-refractivity contribution < 1.29 is 14.7 Å². The number of amides is 2. The Morgan fingerprint density at radius 1 is 1.25 bits per heavy atom. The second-order valence-electron chi connectivity index (χ2n) is 4.92. The fourth-order valence-corrected chi connectivity index (χ4v) is 2.51. The molecule has 2 rings (SSSR count). The van der Waals surface area contributed by atoms with E-state index in [1.165, 1.54) is 4.90 Å². The van der Waals surface area contributed by atoms with Crippen LogP contribution in [0.4, 0.5) is 10.5 Å². The van der Waals surface area contributed by atoms with Crippen LogP contribution in [0.3, 0.4) is 0 Å². The van der Waals surface area contributed by atoms with E-state index in [0.717, 1.165) is 5.69 Å². The van der Waals surface area contributed by atoms with Crippen molar-refractivity contribution >= 4 is 29.3 Å². The first-order valence-electron chi connectivity index (χ1n) is 6.50. The lowest BCUT2D eigenvalue weighted by atomic mass is 9.95. The first kappa shape index (κ1) is 14.7. The molecule has 108 valence electrons. The third-order valence-electron chi connectivity index (χ3n) is 3.66. The van der Waals surface area contributed by atoms with Gasteiger partial charge in [-0.05, 0) is 37.1 Å². The molecule has 5 nitrogen and oxygen atoms in total. The van der Waals surface area contributed by atoms with Gasteiger partial charge in [-0.15, -0.1) is 0 Å². The van der Waals surface area contributed by atoms with Crippen molar-refractivity contribution in [2.75, 3.05) is 25.0 Å². The molecule has 1 heterocycles. The summed E-state index contributed by atoms with van der Waals surface area (Å²) in [5, 5.41) is 9.52. The van der Waals surface area contributed by atoms with Gasteiger partial charge in [0.1, 0.15) is 0 Å². The molecule has 0 aliphatic carbocycles. The predicted molar refractivity (Wildman–Crippen MR) is 77.2 cm³/mol. The Kier molecular flexibility index (Phi) is 4.49. The number of hydrogen-bond acceptors (Lipinski definition) is 2. The molecular formula is C14H17ClN2O3. The zero-order valence-corrected chi connectivity index (χ0v) is 12.0. The molecule has 1 aliphatic heterocycles. The van der Waals surface area contributed by atoms with E-state index in [9.17, 15) is 9.59 Å². The van der Waals surface area contributed by atoms with E-state index < -0.39 is 6.09 Å². The highest BCUT2D eigenvalue weighted by Gasteiger charge is 2.29. The number of benzene rings is 1. The molecule has 0 bridgehead atoms. The maximum absolute atomic E-state index is 12.4. The molecule has 1 aromatic rings. The minimum atomic E-state index is -0.915. The number of anilines is 1. The van der Waals surface area contributed by atoms with Crippen LogP contribution in [-0.4, -0.2) is 42.1 Å². The molecule has 6 heteroatoms. The molecule has 1 aliphatic rings. The van der Waals surface area contributed by atoms with Gasteiger partial charge >= 0.3 is 6.09 Å². The highest BCUT2D eigenvalue weighted by atomic mass is 35.5. The number of hydrogen-bond donors (Lipinski definition) is 1. The Morgan fingerprint density at radius 2 is 1.80 bits per heavy atom. The molecule has 1 fully saturated rings. The number of nitrogens with zero attached hydrogens (tertiary/aromatic N) is 2. The first-order chi connectivity index (χ1) is 9.49. The van der Waals surface area contributed by atoms with Gasteiger partial charge in [0.15, 0.2) is 0 Å². The quantitative estimate of drug-likeness (QED) is 0.913. The van der Waals surface area contributed by atoms with Gasteiger partial charge in [-0.3, -0.25) is 4.79 Å². The number of carbonyl (C=O) groups excluding carboxylic acids is 1. The number of halogens is 1. The van der Waals surface area contributed by atoms with Crippen molar-refractivity contribution in [2.24, 2.45) is 5.92 Å². The zero-order valence-electron chi connectivity index (χ0n) is 11.3. The van der Waals surface area contributed by atoms with Crippen LogP contribution in [0, 0.1) is 5.92 Å². The second kappa shape index (κ2) is 6.13. The molecule has 0 radical (unpaired) electrons. The largest absolute Gasteiger partial charge is 0.465 e. The molecule has 0 atom stereocenters. The molecular weight excluding hydrogens is 280 g/mol.